The Kier molecular flexibility index (Phi) is 4.52. The molecule has 25 heavy (non-hydrogen) atoms. The predicted molar refractivity (Wildman–Crippen MR) is 95.0 cm³/mol. The summed E-state index contributed by atoms with van der Waals surface area (Å²) in [6, 6.07) is 13.4. The molecule has 0 fully saturated rings. The fourth-order valence-corrected chi connectivity index (χ4v) is 2.56. The number of carbonyl (C=O) groups excluding carboxylic acids is 2. The molecule has 1 aromatic heterocycles. The second-order valence-electron chi connectivity index (χ2n) is 5.96. The van der Waals surface area contributed by atoms with Gasteiger partial charge in [0.25, 0.3) is 5.91 Å². The van der Waals surface area contributed by atoms with Gasteiger partial charge >= 0.3 is 0 Å². The van der Waals surface area contributed by atoms with E-state index in [4.69, 9.17) is 0 Å². The number of likely N-dealkylation sites (N-methyl/N-ethyl adjacent to an activating group) is 1. The fourth-order valence-electron chi connectivity index (χ4n) is 2.56. The molecule has 6 heteroatoms. The molecule has 0 unspecified atom stereocenters. The van der Waals surface area contributed by atoms with Crippen LogP contribution in [0.2, 0.25) is 0 Å². The molecule has 2 N–H and O–H groups in total. The molecule has 0 saturated carbocycles. The van der Waals surface area contributed by atoms with Crippen molar-refractivity contribution in [2.45, 2.75) is 6.92 Å². The maximum absolute atomic E-state index is 13.7. The Morgan fingerprint density at radius 2 is 1.88 bits per heavy atom. The number of rotatable bonds is 4. The highest BCUT2D eigenvalue weighted by molar-refractivity contribution is 6.01. The third kappa shape index (κ3) is 3.68. The lowest BCUT2D eigenvalue weighted by Crippen LogP contribution is -2.35. The van der Waals surface area contributed by atoms with E-state index in [0.717, 1.165) is 5.56 Å². The molecule has 1 heterocycles. The Morgan fingerprint density at radius 1 is 1.16 bits per heavy atom. The van der Waals surface area contributed by atoms with Gasteiger partial charge in [-0.05, 0) is 37.3 Å². The fraction of sp³-hybridized carbons (Fsp3) is 0.158. The molecule has 0 saturated heterocycles. The van der Waals surface area contributed by atoms with Gasteiger partial charge in [-0.1, -0.05) is 23.8 Å². The van der Waals surface area contributed by atoms with Crippen molar-refractivity contribution in [1.82, 2.24) is 9.88 Å². The van der Waals surface area contributed by atoms with Gasteiger partial charge in [-0.2, -0.15) is 0 Å². The number of anilines is 1. The number of H-pyrrole nitrogens is 1. The van der Waals surface area contributed by atoms with Crippen molar-refractivity contribution in [1.29, 1.82) is 0 Å². The smallest absolute Gasteiger partial charge is 0.270 e. The summed E-state index contributed by atoms with van der Waals surface area (Å²) < 4.78 is 13.7. The van der Waals surface area contributed by atoms with Crippen molar-refractivity contribution in [3.63, 3.8) is 0 Å². The molecular weight excluding hydrogens is 321 g/mol. The molecule has 5 nitrogen and oxygen atoms in total. The molecule has 0 aliphatic rings. The van der Waals surface area contributed by atoms with E-state index in [0.29, 0.717) is 16.6 Å². The van der Waals surface area contributed by atoms with Gasteiger partial charge < -0.3 is 15.2 Å². The summed E-state index contributed by atoms with van der Waals surface area (Å²) in [5, 5.41) is 3.09. The summed E-state index contributed by atoms with van der Waals surface area (Å²) in [6.45, 7) is 1.85. The number of halogens is 1. The van der Waals surface area contributed by atoms with Gasteiger partial charge in [0.15, 0.2) is 0 Å². The Morgan fingerprint density at radius 3 is 2.56 bits per heavy atom. The second kappa shape index (κ2) is 6.76. The van der Waals surface area contributed by atoms with Crippen molar-refractivity contribution in [3.8, 4) is 0 Å². The van der Waals surface area contributed by atoms with Crippen LogP contribution in [-0.4, -0.2) is 35.3 Å². The highest BCUT2D eigenvalue weighted by Crippen LogP contribution is 2.19. The van der Waals surface area contributed by atoms with Crippen LogP contribution in [0, 0.1) is 12.7 Å². The summed E-state index contributed by atoms with van der Waals surface area (Å²) in [4.78, 5) is 28.7. The minimum absolute atomic E-state index is 0.107. The maximum Gasteiger partial charge on any atom is 0.270 e. The molecule has 128 valence electrons. The molecule has 3 aromatic rings. The maximum atomic E-state index is 13.7. The third-order valence-corrected chi connectivity index (χ3v) is 3.90. The van der Waals surface area contributed by atoms with Gasteiger partial charge in [0.2, 0.25) is 5.91 Å². The molecule has 3 rings (SSSR count). The number of hydrogen-bond donors (Lipinski definition) is 2. The van der Waals surface area contributed by atoms with Crippen molar-refractivity contribution in [2.24, 2.45) is 0 Å². The van der Waals surface area contributed by atoms with E-state index in [1.165, 1.54) is 24.1 Å². The molecule has 0 atom stereocenters. The lowest BCUT2D eigenvalue weighted by molar-refractivity contribution is -0.116. The normalized spacial score (nSPS) is 10.7. The van der Waals surface area contributed by atoms with Crippen molar-refractivity contribution >= 4 is 28.4 Å². The second-order valence-corrected chi connectivity index (χ2v) is 5.96. The van der Waals surface area contributed by atoms with Gasteiger partial charge in [-0.15, -0.1) is 0 Å². The van der Waals surface area contributed by atoms with Gasteiger partial charge in [0, 0.05) is 23.6 Å². The third-order valence-electron chi connectivity index (χ3n) is 3.90. The first kappa shape index (κ1) is 16.7. The van der Waals surface area contributed by atoms with E-state index in [1.807, 2.05) is 19.1 Å². The monoisotopic (exact) mass is 339 g/mol. The number of amides is 2. The topological polar surface area (TPSA) is 65.2 Å². The Bertz CT molecular complexity index is 931. The van der Waals surface area contributed by atoms with E-state index in [2.05, 4.69) is 10.3 Å². The Labute approximate surface area is 144 Å². The number of carbonyl (C=O) groups is 2. The van der Waals surface area contributed by atoms with E-state index in [9.17, 15) is 14.0 Å². The molecule has 2 aromatic carbocycles. The van der Waals surface area contributed by atoms with Crippen LogP contribution in [0.25, 0.3) is 10.9 Å². The standard InChI is InChI=1S/C19H18FN3O2/c1-12-6-8-13(9-7-12)21-18(24)11-23(2)19(25)17-10-14-15(20)4-3-5-16(14)22-17/h3-10,22H,11H2,1-2H3,(H,21,24). The van der Waals surface area contributed by atoms with E-state index in [1.54, 1.807) is 24.3 Å². The number of nitrogens with zero attached hydrogens (tertiary/aromatic N) is 1. The number of benzene rings is 2. The predicted octanol–water partition coefficient (Wildman–Crippen LogP) is 3.33. The van der Waals surface area contributed by atoms with Crippen LogP contribution in [0.1, 0.15) is 16.1 Å². The average Bonchev–Trinajstić information content (AvgIpc) is 3.02. The minimum Gasteiger partial charge on any atom is -0.350 e. The van der Waals surface area contributed by atoms with E-state index < -0.39 is 5.82 Å². The van der Waals surface area contributed by atoms with Crippen molar-refractivity contribution < 1.29 is 14.0 Å². The van der Waals surface area contributed by atoms with Crippen LogP contribution >= 0.6 is 0 Å². The quantitative estimate of drug-likeness (QED) is 0.766. The Hall–Kier alpha value is -3.15. The first-order chi connectivity index (χ1) is 11.9. The van der Waals surface area contributed by atoms with Crippen LogP contribution < -0.4 is 5.32 Å². The highest BCUT2D eigenvalue weighted by Gasteiger charge is 2.18. The average molecular weight is 339 g/mol. The largest absolute Gasteiger partial charge is 0.350 e. The van der Waals surface area contributed by atoms with Crippen LogP contribution in [0.5, 0.6) is 0 Å². The number of aromatic nitrogens is 1. The zero-order valence-corrected chi connectivity index (χ0v) is 14.0. The van der Waals surface area contributed by atoms with E-state index >= 15 is 0 Å². The number of fused-ring (bicyclic) bond motifs is 1. The van der Waals surface area contributed by atoms with Gasteiger partial charge in [-0.25, -0.2) is 4.39 Å². The molecule has 0 aliphatic carbocycles. The highest BCUT2D eigenvalue weighted by atomic mass is 19.1. The van der Waals surface area contributed by atoms with E-state index in [-0.39, 0.29) is 24.1 Å². The number of hydrogen-bond acceptors (Lipinski definition) is 2. The first-order valence-electron chi connectivity index (χ1n) is 7.83. The summed E-state index contributed by atoms with van der Waals surface area (Å²) >= 11 is 0. The zero-order valence-electron chi connectivity index (χ0n) is 14.0. The SMILES string of the molecule is Cc1ccc(NC(=O)CN(C)C(=O)c2cc3c(F)cccc3[nH]2)cc1. The molecule has 0 spiro atoms. The molecule has 0 aliphatic heterocycles. The van der Waals surface area contributed by atoms with Crippen LogP contribution in [-0.2, 0) is 4.79 Å². The van der Waals surface area contributed by atoms with Crippen molar-refractivity contribution in [2.75, 3.05) is 18.9 Å². The molecule has 2 amide bonds. The lowest BCUT2D eigenvalue weighted by Gasteiger charge is -2.16. The lowest BCUT2D eigenvalue weighted by atomic mass is 10.2. The number of aromatic amines is 1. The summed E-state index contributed by atoms with van der Waals surface area (Å²) in [5.74, 6) is -1.08. The van der Waals surface area contributed by atoms with Crippen LogP contribution in [0.4, 0.5) is 10.1 Å². The molecular formula is C19H18FN3O2. The van der Waals surface area contributed by atoms with Gasteiger partial charge in [0.1, 0.15) is 11.5 Å². The summed E-state index contributed by atoms with van der Waals surface area (Å²) in [7, 11) is 1.53. The van der Waals surface area contributed by atoms with Crippen LogP contribution in [0.15, 0.2) is 48.5 Å². The van der Waals surface area contributed by atoms with Gasteiger partial charge in [-0.3, -0.25) is 9.59 Å². The zero-order chi connectivity index (χ0) is 18.0. The Balaban J connectivity index is 1.68. The minimum atomic E-state index is -0.396. The first-order valence-corrected chi connectivity index (χ1v) is 7.83. The summed E-state index contributed by atoms with van der Waals surface area (Å²) in [5.41, 5.74) is 2.55. The van der Waals surface area contributed by atoms with Crippen molar-refractivity contribution in [3.05, 3.63) is 65.6 Å². The van der Waals surface area contributed by atoms with Gasteiger partial charge in [0.05, 0.1) is 6.54 Å². The number of nitrogens with one attached hydrogen (secondary N) is 2. The van der Waals surface area contributed by atoms with Crippen LogP contribution in [0.3, 0.4) is 0 Å². The number of aryl methyl sites for hydroxylation is 1. The summed E-state index contributed by atoms with van der Waals surface area (Å²) in [6.07, 6.45) is 0. The molecule has 0 radical (unpaired) electrons. The molecule has 0 bridgehead atoms.